The summed E-state index contributed by atoms with van der Waals surface area (Å²) in [5, 5.41) is 26.5. The Morgan fingerprint density at radius 2 is 1.79 bits per heavy atom. The summed E-state index contributed by atoms with van der Waals surface area (Å²) in [5.41, 5.74) is 0. The summed E-state index contributed by atoms with van der Waals surface area (Å²) in [5.74, 6) is 1.36. The van der Waals surface area contributed by atoms with E-state index in [0.29, 0.717) is 0 Å². The normalized spacial score (nSPS) is 14.8. The third-order valence-electron chi connectivity index (χ3n) is 3.02. The molecule has 19 heavy (non-hydrogen) atoms. The Bertz CT molecular complexity index is 221. The quantitative estimate of drug-likeness (QED) is 0.376. The first-order valence-electron chi connectivity index (χ1n) is 7.40. The predicted molar refractivity (Wildman–Crippen MR) is 78.7 cm³/mol. The number of aliphatic hydroxyl groups is 1. The van der Waals surface area contributed by atoms with Gasteiger partial charge in [0, 0.05) is 6.61 Å². The minimum absolute atomic E-state index is 0.0579. The summed E-state index contributed by atoms with van der Waals surface area (Å²) in [7, 11) is -1.41. The molecule has 0 aromatic carbocycles. The molecule has 0 heterocycles. The SMILES string of the molecule is CCCCCC(/C=C/B(O)O)OC(C)CCCCO. The average Bonchev–Trinajstić information content (AvgIpc) is 2.36. The zero-order valence-corrected chi connectivity index (χ0v) is 12.3. The van der Waals surface area contributed by atoms with E-state index in [4.69, 9.17) is 19.9 Å². The van der Waals surface area contributed by atoms with Gasteiger partial charge in [-0.3, -0.25) is 0 Å². The molecule has 2 unspecified atom stereocenters. The lowest BCUT2D eigenvalue weighted by atomic mass is 9.90. The second-order valence-corrected chi connectivity index (χ2v) is 5.00. The van der Waals surface area contributed by atoms with Crippen molar-refractivity contribution in [3.63, 3.8) is 0 Å². The van der Waals surface area contributed by atoms with E-state index in [9.17, 15) is 0 Å². The van der Waals surface area contributed by atoms with E-state index < -0.39 is 7.12 Å². The van der Waals surface area contributed by atoms with Crippen LogP contribution in [0.2, 0.25) is 0 Å². The molecule has 112 valence electrons. The first-order chi connectivity index (χ1) is 9.10. The topological polar surface area (TPSA) is 69.9 Å². The van der Waals surface area contributed by atoms with Crippen LogP contribution in [-0.2, 0) is 4.74 Å². The molecule has 4 nitrogen and oxygen atoms in total. The van der Waals surface area contributed by atoms with Gasteiger partial charge in [-0.1, -0.05) is 38.2 Å². The van der Waals surface area contributed by atoms with Crippen LogP contribution in [0.25, 0.3) is 0 Å². The van der Waals surface area contributed by atoms with Crippen molar-refractivity contribution in [2.24, 2.45) is 0 Å². The van der Waals surface area contributed by atoms with Gasteiger partial charge in [-0.15, -0.1) is 0 Å². The van der Waals surface area contributed by atoms with Crippen molar-refractivity contribution in [3.8, 4) is 0 Å². The molecule has 0 bridgehead atoms. The van der Waals surface area contributed by atoms with Crippen LogP contribution in [0.4, 0.5) is 0 Å². The lowest BCUT2D eigenvalue weighted by Gasteiger charge is -2.20. The predicted octanol–water partition coefficient (Wildman–Crippen LogP) is 2.07. The van der Waals surface area contributed by atoms with Crippen LogP contribution in [0, 0.1) is 0 Å². The van der Waals surface area contributed by atoms with Crippen molar-refractivity contribution in [1.29, 1.82) is 0 Å². The third kappa shape index (κ3) is 12.4. The molecule has 3 N–H and O–H groups in total. The van der Waals surface area contributed by atoms with Gasteiger partial charge >= 0.3 is 7.12 Å². The van der Waals surface area contributed by atoms with Crippen LogP contribution >= 0.6 is 0 Å². The van der Waals surface area contributed by atoms with Crippen molar-refractivity contribution in [2.75, 3.05) is 6.61 Å². The summed E-state index contributed by atoms with van der Waals surface area (Å²) in [4.78, 5) is 0. The molecule has 0 rings (SSSR count). The number of rotatable bonds is 12. The van der Waals surface area contributed by atoms with Crippen LogP contribution in [0.15, 0.2) is 12.1 Å². The van der Waals surface area contributed by atoms with Gasteiger partial charge in [-0.05, 0) is 32.6 Å². The zero-order valence-electron chi connectivity index (χ0n) is 12.3. The molecule has 0 radical (unpaired) electrons. The van der Waals surface area contributed by atoms with E-state index in [1.165, 1.54) is 5.98 Å². The minimum Gasteiger partial charge on any atom is -0.424 e. The largest absolute Gasteiger partial charge is 0.480 e. The van der Waals surface area contributed by atoms with Crippen LogP contribution in [0.1, 0.15) is 58.8 Å². The third-order valence-corrected chi connectivity index (χ3v) is 3.02. The highest BCUT2D eigenvalue weighted by Gasteiger charge is 2.11. The lowest BCUT2D eigenvalue weighted by Crippen LogP contribution is -2.19. The monoisotopic (exact) mass is 272 g/mol. The van der Waals surface area contributed by atoms with Crippen LogP contribution < -0.4 is 0 Å². The number of unbranched alkanes of at least 4 members (excludes halogenated alkanes) is 3. The highest BCUT2D eigenvalue weighted by molar-refractivity contribution is 6.47. The van der Waals surface area contributed by atoms with Gasteiger partial charge in [0.2, 0.25) is 0 Å². The van der Waals surface area contributed by atoms with Crippen LogP contribution in [0.3, 0.4) is 0 Å². The van der Waals surface area contributed by atoms with Crippen molar-refractivity contribution >= 4 is 7.12 Å². The molecule has 2 atom stereocenters. The van der Waals surface area contributed by atoms with Crippen molar-refractivity contribution in [3.05, 3.63) is 12.1 Å². The van der Waals surface area contributed by atoms with Gasteiger partial charge in [0.15, 0.2) is 0 Å². The van der Waals surface area contributed by atoms with Gasteiger partial charge in [-0.2, -0.15) is 0 Å². The van der Waals surface area contributed by atoms with Crippen LogP contribution in [0.5, 0.6) is 0 Å². The Kier molecular flexibility index (Phi) is 12.4. The van der Waals surface area contributed by atoms with E-state index in [2.05, 4.69) is 6.92 Å². The summed E-state index contributed by atoms with van der Waals surface area (Å²) in [6.07, 6.45) is 8.78. The summed E-state index contributed by atoms with van der Waals surface area (Å²) >= 11 is 0. The average molecular weight is 272 g/mol. The minimum atomic E-state index is -1.41. The van der Waals surface area contributed by atoms with E-state index in [1.54, 1.807) is 6.08 Å². The molecule has 0 saturated heterocycles. The Hall–Kier alpha value is -0.355. The molecular formula is C14H29BO4. The van der Waals surface area contributed by atoms with E-state index >= 15 is 0 Å². The maximum atomic E-state index is 8.87. The number of hydrogen-bond donors (Lipinski definition) is 3. The van der Waals surface area contributed by atoms with Gasteiger partial charge in [0.25, 0.3) is 0 Å². The molecule has 0 aromatic rings. The van der Waals surface area contributed by atoms with Crippen molar-refractivity contribution < 1.29 is 19.9 Å². The van der Waals surface area contributed by atoms with Gasteiger partial charge in [-0.25, -0.2) is 0 Å². The number of ether oxygens (including phenoxy) is 1. The second kappa shape index (κ2) is 12.7. The molecule has 0 amide bonds. The molecule has 0 spiro atoms. The standard InChI is InChI=1S/C14H29BO4/c1-3-4-5-9-14(10-11-15(17)18)19-13(2)8-6-7-12-16/h10-11,13-14,16-18H,3-9,12H2,1-2H3/b11-10+. The highest BCUT2D eigenvalue weighted by atomic mass is 16.5. The van der Waals surface area contributed by atoms with E-state index in [-0.39, 0.29) is 18.8 Å². The molecule has 0 saturated carbocycles. The fraction of sp³-hybridized carbons (Fsp3) is 0.857. The van der Waals surface area contributed by atoms with Crippen LogP contribution in [-0.4, -0.2) is 41.1 Å². The Balaban J connectivity index is 4.07. The fourth-order valence-electron chi connectivity index (χ4n) is 1.94. The van der Waals surface area contributed by atoms with Crippen molar-refractivity contribution in [1.82, 2.24) is 0 Å². The van der Waals surface area contributed by atoms with Gasteiger partial charge in [0.05, 0.1) is 12.2 Å². The second-order valence-electron chi connectivity index (χ2n) is 5.00. The molecule has 5 heteroatoms. The molecule has 0 aliphatic rings. The summed E-state index contributed by atoms with van der Waals surface area (Å²) in [6, 6.07) is 0. The zero-order chi connectivity index (χ0) is 14.5. The fourth-order valence-corrected chi connectivity index (χ4v) is 1.94. The molecule has 0 aliphatic carbocycles. The molecule has 0 aliphatic heterocycles. The maximum absolute atomic E-state index is 8.87. The van der Waals surface area contributed by atoms with E-state index in [1.807, 2.05) is 6.92 Å². The van der Waals surface area contributed by atoms with Gasteiger partial charge < -0.3 is 19.9 Å². The van der Waals surface area contributed by atoms with Crippen molar-refractivity contribution in [2.45, 2.75) is 71.0 Å². The molecular weight excluding hydrogens is 243 g/mol. The lowest BCUT2D eigenvalue weighted by molar-refractivity contribution is 0.0128. The summed E-state index contributed by atoms with van der Waals surface area (Å²) in [6.45, 7) is 4.40. The highest BCUT2D eigenvalue weighted by Crippen LogP contribution is 2.14. The molecule has 0 aromatic heterocycles. The Morgan fingerprint density at radius 1 is 1.11 bits per heavy atom. The van der Waals surface area contributed by atoms with E-state index in [0.717, 1.165) is 44.9 Å². The van der Waals surface area contributed by atoms with Gasteiger partial charge in [0.1, 0.15) is 0 Å². The number of hydrogen-bond acceptors (Lipinski definition) is 4. The first-order valence-corrected chi connectivity index (χ1v) is 7.40. The Morgan fingerprint density at radius 3 is 2.37 bits per heavy atom. The Labute approximate surface area is 117 Å². The molecule has 0 fully saturated rings. The maximum Gasteiger partial charge on any atom is 0.480 e. The number of aliphatic hydroxyl groups excluding tert-OH is 1. The summed E-state index contributed by atoms with van der Waals surface area (Å²) < 4.78 is 5.90. The first kappa shape index (κ1) is 18.6. The smallest absolute Gasteiger partial charge is 0.424 e.